The van der Waals surface area contributed by atoms with Crippen molar-refractivity contribution in [3.8, 4) is 5.75 Å². The number of nitrogens with zero attached hydrogens (tertiary/aromatic N) is 3. The fourth-order valence-electron chi connectivity index (χ4n) is 3.54. The van der Waals surface area contributed by atoms with Crippen LogP contribution in [-0.2, 0) is 20.9 Å². The largest absolute Gasteiger partial charge is 0.490 e. The number of pyridine rings is 1. The first-order valence-electron chi connectivity index (χ1n) is 10.6. The van der Waals surface area contributed by atoms with Crippen molar-refractivity contribution in [1.29, 1.82) is 0 Å². The Kier molecular flexibility index (Phi) is 10.6. The molecule has 0 radical (unpaired) electrons. The highest BCUT2D eigenvalue weighted by atomic mass is 32.1. The van der Waals surface area contributed by atoms with E-state index in [0.29, 0.717) is 6.04 Å². The lowest BCUT2D eigenvalue weighted by molar-refractivity contribution is -0.193. The van der Waals surface area contributed by atoms with Crippen molar-refractivity contribution in [3.05, 3.63) is 40.6 Å². The van der Waals surface area contributed by atoms with Gasteiger partial charge in [0.1, 0.15) is 18.0 Å². The van der Waals surface area contributed by atoms with Gasteiger partial charge in [-0.05, 0) is 31.9 Å². The molecule has 2 aliphatic rings. The number of halogens is 6. The molecular weight excluding hydrogens is 536 g/mol. The molecule has 37 heavy (non-hydrogen) atoms. The molecule has 2 saturated heterocycles. The minimum atomic E-state index is -5.08. The molecule has 0 spiro atoms. The summed E-state index contributed by atoms with van der Waals surface area (Å²) in [7, 11) is 0. The second-order valence-electron chi connectivity index (χ2n) is 7.79. The first-order chi connectivity index (χ1) is 17.2. The molecule has 206 valence electrons. The molecule has 9 nitrogen and oxygen atoms in total. The lowest BCUT2D eigenvalue weighted by atomic mass is 10.0. The van der Waals surface area contributed by atoms with Crippen LogP contribution < -0.4 is 4.74 Å². The zero-order chi connectivity index (χ0) is 27.8. The number of alkyl halides is 6. The van der Waals surface area contributed by atoms with Gasteiger partial charge in [0, 0.05) is 36.8 Å². The average molecular weight is 559 g/mol. The Bertz CT molecular complexity index is 996. The highest BCUT2D eigenvalue weighted by Crippen LogP contribution is 2.33. The van der Waals surface area contributed by atoms with Crippen molar-refractivity contribution in [2.45, 2.75) is 56.9 Å². The monoisotopic (exact) mass is 559 g/mol. The molecule has 0 aliphatic carbocycles. The lowest BCUT2D eigenvalue weighted by Gasteiger charge is -2.32. The Morgan fingerprint density at radius 1 is 1.19 bits per heavy atom. The maximum atomic E-state index is 10.6. The lowest BCUT2D eigenvalue weighted by Crippen LogP contribution is -2.42. The average Bonchev–Trinajstić information content (AvgIpc) is 3.38. The number of carboxylic acid groups (broad SMARTS) is 2. The summed E-state index contributed by atoms with van der Waals surface area (Å²) in [6.45, 7) is 4.75. The van der Waals surface area contributed by atoms with Crippen LogP contribution in [-0.4, -0.2) is 80.8 Å². The van der Waals surface area contributed by atoms with Crippen LogP contribution in [0.25, 0.3) is 0 Å². The number of fused-ring (bicyclic) bond motifs is 1. The third kappa shape index (κ3) is 9.44. The Morgan fingerprint density at radius 3 is 2.30 bits per heavy atom. The number of aryl methyl sites for hydroxylation is 1. The zero-order valence-electron chi connectivity index (χ0n) is 19.2. The Hall–Kier alpha value is -2.98. The highest BCUT2D eigenvalue weighted by Gasteiger charge is 2.45. The van der Waals surface area contributed by atoms with Crippen LogP contribution >= 0.6 is 11.3 Å². The number of aromatic nitrogens is 2. The van der Waals surface area contributed by atoms with Crippen LogP contribution in [0.5, 0.6) is 5.75 Å². The maximum absolute atomic E-state index is 10.6. The summed E-state index contributed by atoms with van der Waals surface area (Å²) < 4.78 is 75.7. The zero-order valence-corrected chi connectivity index (χ0v) is 20.0. The van der Waals surface area contributed by atoms with Gasteiger partial charge in [0.15, 0.2) is 0 Å². The van der Waals surface area contributed by atoms with E-state index in [1.807, 2.05) is 17.6 Å². The van der Waals surface area contributed by atoms with E-state index in [0.717, 1.165) is 37.6 Å². The summed E-state index contributed by atoms with van der Waals surface area (Å²) in [5.74, 6) is -4.69. The van der Waals surface area contributed by atoms with Gasteiger partial charge in [-0.15, -0.1) is 11.3 Å². The van der Waals surface area contributed by atoms with E-state index in [4.69, 9.17) is 29.3 Å². The smallest absolute Gasteiger partial charge is 0.485 e. The molecule has 0 bridgehead atoms. The van der Waals surface area contributed by atoms with Crippen molar-refractivity contribution in [3.63, 3.8) is 0 Å². The number of carbonyl (C=O) groups is 2. The van der Waals surface area contributed by atoms with Crippen molar-refractivity contribution < 1.29 is 55.6 Å². The minimum absolute atomic E-state index is 0.0673. The quantitative estimate of drug-likeness (QED) is 0.537. The summed E-state index contributed by atoms with van der Waals surface area (Å²) >= 11 is 1.74. The summed E-state index contributed by atoms with van der Waals surface area (Å²) in [5, 5.41) is 14.2. The molecule has 2 aromatic heterocycles. The number of ether oxygens (including phenoxy) is 2. The summed E-state index contributed by atoms with van der Waals surface area (Å²) in [4.78, 5) is 30.1. The van der Waals surface area contributed by atoms with Gasteiger partial charge in [-0.25, -0.2) is 14.6 Å². The summed E-state index contributed by atoms with van der Waals surface area (Å²) in [6.07, 6.45) is -4.11. The van der Waals surface area contributed by atoms with Gasteiger partial charge in [-0.1, -0.05) is 0 Å². The number of hydrogen-bond donors (Lipinski definition) is 2. The minimum Gasteiger partial charge on any atom is -0.485 e. The topological polar surface area (TPSA) is 122 Å². The first kappa shape index (κ1) is 30.2. The number of rotatable bonds is 4. The predicted octanol–water partition coefficient (Wildman–Crippen LogP) is 3.92. The maximum Gasteiger partial charge on any atom is 0.490 e. The van der Waals surface area contributed by atoms with Gasteiger partial charge >= 0.3 is 24.3 Å². The molecule has 0 saturated carbocycles. The number of thiazole rings is 1. The number of aliphatic carboxylic acids is 2. The van der Waals surface area contributed by atoms with Crippen LogP contribution in [0, 0.1) is 6.92 Å². The van der Waals surface area contributed by atoms with E-state index in [-0.39, 0.29) is 12.2 Å². The molecule has 2 aromatic rings. The van der Waals surface area contributed by atoms with E-state index >= 15 is 0 Å². The molecule has 4 heterocycles. The molecular formula is C21H23F6N3O6S. The van der Waals surface area contributed by atoms with E-state index in [1.165, 1.54) is 11.3 Å². The van der Waals surface area contributed by atoms with Gasteiger partial charge in [-0.3, -0.25) is 9.88 Å². The SMILES string of the molecule is Cc1ncsc1CN1C[C@@H](Oc2cccnc2)[C@H]2OCCC[C@H]21.O=C(O)C(F)(F)F.O=C(O)C(F)(F)F. The van der Waals surface area contributed by atoms with Crippen molar-refractivity contribution in [1.82, 2.24) is 14.9 Å². The van der Waals surface area contributed by atoms with E-state index in [2.05, 4.69) is 21.8 Å². The second kappa shape index (κ2) is 13.0. The molecule has 2 N–H and O–H groups in total. The van der Waals surface area contributed by atoms with Gasteiger partial charge in [-0.2, -0.15) is 26.3 Å². The Balaban J connectivity index is 0.000000286. The standard InChI is InChI=1S/C17H21N3O2S.2C2HF3O2/c1-12-16(23-11-19-12)10-20-9-15(17-14(20)5-3-7-21-17)22-13-4-2-6-18-8-13;2*3-2(4,5)1(6)7/h2,4,6,8,11,14-15,17H,3,5,7,9-10H2,1H3;2*(H,6,7)/t14-,15-,17+;;/m1../s1. The van der Waals surface area contributed by atoms with Crippen LogP contribution in [0.2, 0.25) is 0 Å². The molecule has 0 amide bonds. The van der Waals surface area contributed by atoms with Gasteiger partial charge in [0.25, 0.3) is 0 Å². The van der Waals surface area contributed by atoms with Crippen molar-refractivity contribution in [2.75, 3.05) is 13.2 Å². The molecule has 3 atom stereocenters. The van der Waals surface area contributed by atoms with E-state index in [9.17, 15) is 26.3 Å². The fourth-order valence-corrected chi connectivity index (χ4v) is 4.34. The summed E-state index contributed by atoms with van der Waals surface area (Å²) in [6, 6.07) is 4.30. The molecule has 0 unspecified atom stereocenters. The van der Waals surface area contributed by atoms with Gasteiger partial charge in [0.2, 0.25) is 0 Å². The Morgan fingerprint density at radius 2 is 1.81 bits per heavy atom. The van der Waals surface area contributed by atoms with Crippen LogP contribution in [0.1, 0.15) is 23.4 Å². The molecule has 16 heteroatoms. The fraction of sp³-hybridized carbons (Fsp3) is 0.524. The molecule has 4 rings (SSSR count). The van der Waals surface area contributed by atoms with Crippen molar-refractivity contribution in [2.24, 2.45) is 0 Å². The second-order valence-corrected chi connectivity index (χ2v) is 8.73. The number of carboxylic acids is 2. The normalized spacial score (nSPS) is 21.5. The molecule has 2 fully saturated rings. The first-order valence-corrected chi connectivity index (χ1v) is 11.5. The molecule has 2 aliphatic heterocycles. The Labute approximate surface area is 210 Å². The molecule has 0 aromatic carbocycles. The van der Waals surface area contributed by atoms with E-state index < -0.39 is 24.3 Å². The third-order valence-electron chi connectivity index (χ3n) is 5.18. The number of likely N-dealkylation sites (tertiary alicyclic amines) is 1. The number of hydrogen-bond acceptors (Lipinski definition) is 8. The van der Waals surface area contributed by atoms with Gasteiger partial charge in [0.05, 0.1) is 17.4 Å². The van der Waals surface area contributed by atoms with Gasteiger partial charge < -0.3 is 19.7 Å². The highest BCUT2D eigenvalue weighted by molar-refractivity contribution is 7.09. The summed E-state index contributed by atoms with van der Waals surface area (Å²) in [5.41, 5.74) is 3.07. The van der Waals surface area contributed by atoms with Crippen LogP contribution in [0.4, 0.5) is 26.3 Å². The third-order valence-corrected chi connectivity index (χ3v) is 6.10. The van der Waals surface area contributed by atoms with Crippen molar-refractivity contribution >= 4 is 23.3 Å². The van der Waals surface area contributed by atoms with Crippen LogP contribution in [0.3, 0.4) is 0 Å². The predicted molar refractivity (Wildman–Crippen MR) is 116 cm³/mol. The van der Waals surface area contributed by atoms with Crippen LogP contribution in [0.15, 0.2) is 30.0 Å². The van der Waals surface area contributed by atoms with E-state index in [1.54, 1.807) is 23.7 Å².